The molecule has 0 bridgehead atoms. The van der Waals surface area contributed by atoms with Gasteiger partial charge in [0.05, 0.1) is 16.8 Å². The molecule has 1 heterocycles. The van der Waals surface area contributed by atoms with Crippen molar-refractivity contribution in [1.82, 2.24) is 0 Å². The van der Waals surface area contributed by atoms with Crippen molar-refractivity contribution < 1.29 is 22.3 Å². The van der Waals surface area contributed by atoms with Gasteiger partial charge in [-0.15, -0.1) is 0 Å². The summed E-state index contributed by atoms with van der Waals surface area (Å²) in [5, 5.41) is 0. The maximum atomic E-state index is 14.4. The molecule has 1 aliphatic heterocycles. The van der Waals surface area contributed by atoms with E-state index in [1.165, 1.54) is 18.2 Å². The van der Waals surface area contributed by atoms with E-state index in [0.29, 0.717) is 5.56 Å². The lowest BCUT2D eigenvalue weighted by Gasteiger charge is -2.30. The van der Waals surface area contributed by atoms with Gasteiger partial charge in [-0.05, 0) is 32.0 Å². The smallest absolute Gasteiger partial charge is 0.416 e. The van der Waals surface area contributed by atoms with Crippen LogP contribution < -0.4 is 10.5 Å². The standard InChI is InChI=1S/C17H14F4N2O/c1-16(2)23-15(9-3-5-10(6-4-9)17(19,20)21)14-12(18)7-11(22)8-13(14)24-16/h3-8H,22H2,1-2H3. The second-order valence-corrected chi connectivity index (χ2v) is 5.96. The first-order valence-electron chi connectivity index (χ1n) is 7.13. The van der Waals surface area contributed by atoms with E-state index in [9.17, 15) is 17.6 Å². The Morgan fingerprint density at radius 1 is 1.08 bits per heavy atom. The van der Waals surface area contributed by atoms with Crippen molar-refractivity contribution in [2.75, 3.05) is 5.73 Å². The SMILES string of the molecule is CC1(C)N=C(c2ccc(C(F)(F)F)cc2)c2c(F)cc(N)cc2O1. The van der Waals surface area contributed by atoms with Crippen molar-refractivity contribution in [2.45, 2.75) is 25.7 Å². The second kappa shape index (κ2) is 5.22. The average Bonchev–Trinajstić information content (AvgIpc) is 2.43. The van der Waals surface area contributed by atoms with Crippen LogP contribution in [0.2, 0.25) is 0 Å². The molecule has 2 aromatic rings. The van der Waals surface area contributed by atoms with Gasteiger partial charge in [0, 0.05) is 17.3 Å². The first kappa shape index (κ1) is 16.3. The molecule has 0 aromatic heterocycles. The van der Waals surface area contributed by atoms with E-state index in [1.54, 1.807) is 13.8 Å². The van der Waals surface area contributed by atoms with Crippen LogP contribution in [0, 0.1) is 5.82 Å². The topological polar surface area (TPSA) is 47.6 Å². The van der Waals surface area contributed by atoms with E-state index >= 15 is 0 Å². The summed E-state index contributed by atoms with van der Waals surface area (Å²) in [7, 11) is 0. The van der Waals surface area contributed by atoms with Crippen molar-refractivity contribution in [3.05, 3.63) is 58.9 Å². The van der Waals surface area contributed by atoms with Crippen LogP contribution >= 0.6 is 0 Å². The van der Waals surface area contributed by atoms with Gasteiger partial charge in [0.15, 0.2) is 5.72 Å². The third kappa shape index (κ3) is 2.93. The van der Waals surface area contributed by atoms with Gasteiger partial charge in [-0.2, -0.15) is 13.2 Å². The molecule has 24 heavy (non-hydrogen) atoms. The highest BCUT2D eigenvalue weighted by molar-refractivity contribution is 6.15. The van der Waals surface area contributed by atoms with Gasteiger partial charge in [0.1, 0.15) is 11.6 Å². The maximum absolute atomic E-state index is 14.4. The Morgan fingerprint density at radius 2 is 1.71 bits per heavy atom. The van der Waals surface area contributed by atoms with Crippen molar-refractivity contribution >= 4 is 11.4 Å². The van der Waals surface area contributed by atoms with Gasteiger partial charge >= 0.3 is 6.18 Å². The molecule has 0 radical (unpaired) electrons. The molecule has 0 amide bonds. The number of nitrogens with zero attached hydrogens (tertiary/aromatic N) is 1. The number of benzene rings is 2. The number of hydrogen-bond acceptors (Lipinski definition) is 3. The van der Waals surface area contributed by atoms with Gasteiger partial charge in [-0.25, -0.2) is 9.38 Å². The molecule has 2 N–H and O–H groups in total. The molecule has 7 heteroatoms. The summed E-state index contributed by atoms with van der Waals surface area (Å²) in [6.45, 7) is 3.34. The van der Waals surface area contributed by atoms with Gasteiger partial charge in [0.2, 0.25) is 0 Å². The number of rotatable bonds is 1. The molecule has 0 saturated heterocycles. The van der Waals surface area contributed by atoms with Crippen LogP contribution in [0.3, 0.4) is 0 Å². The van der Waals surface area contributed by atoms with Crippen molar-refractivity contribution in [1.29, 1.82) is 0 Å². The Kier molecular flexibility index (Phi) is 3.55. The number of anilines is 1. The van der Waals surface area contributed by atoms with E-state index in [2.05, 4.69) is 4.99 Å². The lowest BCUT2D eigenvalue weighted by molar-refractivity contribution is -0.137. The van der Waals surface area contributed by atoms with Gasteiger partial charge in [-0.3, -0.25) is 0 Å². The molecular formula is C17H14F4N2O. The van der Waals surface area contributed by atoms with Crippen molar-refractivity contribution in [3.63, 3.8) is 0 Å². The minimum Gasteiger partial charge on any atom is -0.466 e. The fourth-order valence-corrected chi connectivity index (χ4v) is 2.55. The third-order valence-electron chi connectivity index (χ3n) is 3.54. The molecule has 0 unspecified atom stereocenters. The number of nitrogens with two attached hydrogens (primary N) is 1. The Labute approximate surface area is 135 Å². The van der Waals surface area contributed by atoms with Gasteiger partial charge in [-0.1, -0.05) is 12.1 Å². The zero-order valence-corrected chi connectivity index (χ0v) is 12.9. The van der Waals surface area contributed by atoms with Crippen LogP contribution in [-0.4, -0.2) is 11.4 Å². The number of halogens is 4. The molecule has 2 aromatic carbocycles. The molecule has 126 valence electrons. The summed E-state index contributed by atoms with van der Waals surface area (Å²) in [6, 6.07) is 7.01. The van der Waals surface area contributed by atoms with Crippen LogP contribution in [0.4, 0.5) is 23.2 Å². The number of aliphatic imine (C=N–C) groups is 1. The van der Waals surface area contributed by atoms with Crippen LogP contribution in [0.25, 0.3) is 0 Å². The lowest BCUT2D eigenvalue weighted by Crippen LogP contribution is -2.33. The molecule has 0 fully saturated rings. The van der Waals surface area contributed by atoms with E-state index in [-0.39, 0.29) is 22.7 Å². The van der Waals surface area contributed by atoms with Gasteiger partial charge < -0.3 is 10.5 Å². The molecule has 3 rings (SSSR count). The lowest BCUT2D eigenvalue weighted by atomic mass is 9.97. The average molecular weight is 338 g/mol. The van der Waals surface area contributed by atoms with Crippen molar-refractivity contribution in [2.24, 2.45) is 4.99 Å². The van der Waals surface area contributed by atoms with Crippen LogP contribution in [0.15, 0.2) is 41.4 Å². The highest BCUT2D eigenvalue weighted by Gasteiger charge is 2.33. The number of ether oxygens (including phenoxy) is 1. The quantitative estimate of drug-likeness (QED) is 0.619. The summed E-state index contributed by atoms with van der Waals surface area (Å²) in [4.78, 5) is 4.34. The van der Waals surface area contributed by atoms with E-state index < -0.39 is 23.3 Å². The summed E-state index contributed by atoms with van der Waals surface area (Å²) in [5.41, 5.74) is 4.73. The summed E-state index contributed by atoms with van der Waals surface area (Å²) >= 11 is 0. The predicted octanol–water partition coefficient (Wildman–Crippen LogP) is 4.39. The Balaban J connectivity index is 2.15. The minimum absolute atomic E-state index is 0.0864. The highest BCUT2D eigenvalue weighted by Crippen LogP contribution is 2.36. The largest absolute Gasteiger partial charge is 0.466 e. The van der Waals surface area contributed by atoms with Gasteiger partial charge in [0.25, 0.3) is 0 Å². The normalized spacial score (nSPS) is 16.2. The summed E-state index contributed by atoms with van der Waals surface area (Å²) in [5.74, 6) is -0.429. The monoisotopic (exact) mass is 338 g/mol. The zero-order chi connectivity index (χ0) is 17.7. The molecule has 0 spiro atoms. The Bertz CT molecular complexity index is 824. The number of fused-ring (bicyclic) bond motifs is 1. The number of alkyl halides is 3. The molecule has 0 saturated carbocycles. The highest BCUT2D eigenvalue weighted by atomic mass is 19.4. The second-order valence-electron chi connectivity index (χ2n) is 5.96. The summed E-state index contributed by atoms with van der Waals surface area (Å²) < 4.78 is 58.1. The number of hydrogen-bond donors (Lipinski definition) is 1. The molecule has 0 atom stereocenters. The van der Waals surface area contributed by atoms with E-state index in [4.69, 9.17) is 10.5 Å². The first-order valence-corrected chi connectivity index (χ1v) is 7.13. The zero-order valence-electron chi connectivity index (χ0n) is 12.9. The minimum atomic E-state index is -4.44. The fraction of sp³-hybridized carbons (Fsp3) is 0.235. The fourth-order valence-electron chi connectivity index (χ4n) is 2.55. The predicted molar refractivity (Wildman–Crippen MR) is 82.6 cm³/mol. The van der Waals surface area contributed by atoms with E-state index in [0.717, 1.165) is 18.2 Å². The summed E-state index contributed by atoms with van der Waals surface area (Å²) in [6.07, 6.45) is -4.44. The van der Waals surface area contributed by atoms with Crippen LogP contribution in [0.1, 0.15) is 30.5 Å². The first-order chi connectivity index (χ1) is 11.1. The maximum Gasteiger partial charge on any atom is 0.416 e. The molecule has 3 nitrogen and oxygen atoms in total. The molecular weight excluding hydrogens is 324 g/mol. The molecule has 1 aliphatic rings. The van der Waals surface area contributed by atoms with Crippen molar-refractivity contribution in [3.8, 4) is 5.75 Å². The van der Waals surface area contributed by atoms with Crippen LogP contribution in [0.5, 0.6) is 5.75 Å². The van der Waals surface area contributed by atoms with Crippen LogP contribution in [-0.2, 0) is 6.18 Å². The molecule has 0 aliphatic carbocycles. The number of nitrogen functional groups attached to an aromatic ring is 1. The van der Waals surface area contributed by atoms with E-state index in [1.807, 2.05) is 0 Å². The third-order valence-corrected chi connectivity index (χ3v) is 3.54. The Hall–Kier alpha value is -2.57. The Morgan fingerprint density at radius 3 is 2.29 bits per heavy atom.